The highest BCUT2D eigenvalue weighted by Gasteiger charge is 2.81. The number of halogens is 3. The van der Waals surface area contributed by atoms with E-state index in [1.54, 1.807) is 0 Å². The lowest BCUT2D eigenvalue weighted by molar-refractivity contribution is -0.117. The predicted octanol–water partition coefficient (Wildman–Crippen LogP) is 1.18. The molecule has 1 aliphatic rings. The van der Waals surface area contributed by atoms with Gasteiger partial charge in [0, 0.05) is 0 Å². The van der Waals surface area contributed by atoms with Crippen LogP contribution in [0.3, 0.4) is 0 Å². The second-order valence-corrected chi connectivity index (χ2v) is 2.23. The molecule has 0 radical (unpaired) electrons. The molecule has 1 fully saturated rings. The molecule has 9 heavy (non-hydrogen) atoms. The predicted molar refractivity (Wildman–Crippen MR) is 24.0 cm³/mol. The largest absolute Gasteiger partial charge is 0.300 e. The van der Waals surface area contributed by atoms with Crippen molar-refractivity contribution in [3.63, 3.8) is 0 Å². The van der Waals surface area contributed by atoms with Crippen LogP contribution in [-0.4, -0.2) is 17.9 Å². The molecule has 4 heteroatoms. The first-order chi connectivity index (χ1) is 3.97. The Balaban J connectivity index is 2.81. The fourth-order valence-corrected chi connectivity index (χ4v) is 0.739. The summed E-state index contributed by atoms with van der Waals surface area (Å²) >= 11 is 0. The van der Waals surface area contributed by atoms with E-state index in [9.17, 15) is 18.0 Å². The molecule has 0 N–H and O–H groups in total. The Kier molecular flexibility index (Phi) is 0.952. The van der Waals surface area contributed by atoms with Gasteiger partial charge in [-0.05, 0) is 0 Å². The molecule has 0 saturated heterocycles. The molecule has 0 aromatic rings. The van der Waals surface area contributed by atoms with Crippen LogP contribution in [0.1, 0.15) is 6.92 Å². The number of carbonyl (C=O) groups is 1. The standard InChI is InChI=1S/C5H5F3O/c1-3-4(6,2-9)5(3,7)8/h2-3H,1H3. The monoisotopic (exact) mass is 138 g/mol. The molecule has 0 heterocycles. The minimum atomic E-state index is -3.42. The van der Waals surface area contributed by atoms with Crippen molar-refractivity contribution in [2.45, 2.75) is 18.5 Å². The molecule has 0 aromatic carbocycles. The number of rotatable bonds is 1. The molecule has 2 atom stereocenters. The van der Waals surface area contributed by atoms with Crippen LogP contribution < -0.4 is 0 Å². The Morgan fingerprint density at radius 1 is 1.44 bits per heavy atom. The quantitative estimate of drug-likeness (QED) is 0.497. The van der Waals surface area contributed by atoms with Crippen molar-refractivity contribution in [3.8, 4) is 0 Å². The van der Waals surface area contributed by atoms with Gasteiger partial charge in [0.05, 0.1) is 5.92 Å². The fraction of sp³-hybridized carbons (Fsp3) is 0.800. The zero-order valence-corrected chi connectivity index (χ0v) is 4.70. The van der Waals surface area contributed by atoms with Crippen LogP contribution in [0.5, 0.6) is 0 Å². The van der Waals surface area contributed by atoms with Crippen LogP contribution >= 0.6 is 0 Å². The van der Waals surface area contributed by atoms with Gasteiger partial charge in [-0.1, -0.05) is 6.92 Å². The van der Waals surface area contributed by atoms with E-state index in [1.165, 1.54) is 0 Å². The highest BCUT2D eigenvalue weighted by molar-refractivity contribution is 5.71. The molecule has 0 aliphatic heterocycles. The summed E-state index contributed by atoms with van der Waals surface area (Å²) in [6.45, 7) is 1.01. The average Bonchev–Trinajstić information content (AvgIpc) is 2.16. The van der Waals surface area contributed by atoms with E-state index in [-0.39, 0.29) is 6.29 Å². The van der Waals surface area contributed by atoms with Crippen molar-refractivity contribution in [2.75, 3.05) is 0 Å². The molecule has 1 rings (SSSR count). The Labute approximate surface area is 49.9 Å². The van der Waals surface area contributed by atoms with Crippen molar-refractivity contribution in [2.24, 2.45) is 5.92 Å². The van der Waals surface area contributed by atoms with Crippen LogP contribution in [0.4, 0.5) is 13.2 Å². The first-order valence-electron chi connectivity index (χ1n) is 2.50. The summed E-state index contributed by atoms with van der Waals surface area (Å²) in [4.78, 5) is 9.66. The van der Waals surface area contributed by atoms with Crippen LogP contribution in [-0.2, 0) is 4.79 Å². The molecule has 2 unspecified atom stereocenters. The third kappa shape index (κ3) is 0.483. The summed E-state index contributed by atoms with van der Waals surface area (Å²) in [5.41, 5.74) is -2.87. The van der Waals surface area contributed by atoms with Crippen LogP contribution in [0.25, 0.3) is 0 Å². The van der Waals surface area contributed by atoms with E-state index < -0.39 is 17.5 Å². The van der Waals surface area contributed by atoms with Gasteiger partial charge in [-0.2, -0.15) is 0 Å². The van der Waals surface area contributed by atoms with Gasteiger partial charge in [0.1, 0.15) is 0 Å². The lowest BCUT2D eigenvalue weighted by Crippen LogP contribution is -2.12. The van der Waals surface area contributed by atoms with Crippen molar-refractivity contribution >= 4 is 6.29 Å². The maximum atomic E-state index is 12.3. The highest BCUT2D eigenvalue weighted by Crippen LogP contribution is 2.59. The number of hydrogen-bond acceptors (Lipinski definition) is 1. The number of hydrogen-bond donors (Lipinski definition) is 0. The van der Waals surface area contributed by atoms with Gasteiger partial charge in [0.25, 0.3) is 5.92 Å². The molecule has 1 saturated carbocycles. The van der Waals surface area contributed by atoms with Gasteiger partial charge in [0.15, 0.2) is 6.29 Å². The van der Waals surface area contributed by atoms with E-state index in [4.69, 9.17) is 0 Å². The zero-order valence-electron chi connectivity index (χ0n) is 4.70. The Morgan fingerprint density at radius 3 is 1.78 bits per heavy atom. The number of alkyl halides is 3. The van der Waals surface area contributed by atoms with Gasteiger partial charge in [-0.15, -0.1) is 0 Å². The van der Waals surface area contributed by atoms with Gasteiger partial charge < -0.3 is 0 Å². The fourth-order valence-electron chi connectivity index (χ4n) is 0.739. The molecular formula is C5H5F3O. The highest BCUT2D eigenvalue weighted by atomic mass is 19.3. The van der Waals surface area contributed by atoms with Crippen molar-refractivity contribution < 1.29 is 18.0 Å². The van der Waals surface area contributed by atoms with Crippen molar-refractivity contribution in [1.29, 1.82) is 0 Å². The van der Waals surface area contributed by atoms with Gasteiger partial charge in [0.2, 0.25) is 5.67 Å². The van der Waals surface area contributed by atoms with Crippen LogP contribution in [0.2, 0.25) is 0 Å². The first-order valence-corrected chi connectivity index (χ1v) is 2.50. The maximum Gasteiger partial charge on any atom is 0.294 e. The molecular weight excluding hydrogens is 133 g/mol. The van der Waals surface area contributed by atoms with Crippen LogP contribution in [0.15, 0.2) is 0 Å². The molecule has 1 nitrogen and oxygen atoms in total. The summed E-state index contributed by atoms with van der Waals surface area (Å²) in [6, 6.07) is 0. The molecule has 52 valence electrons. The Bertz CT molecular complexity index is 156. The SMILES string of the molecule is CC1C(F)(F)C1(F)C=O. The smallest absolute Gasteiger partial charge is 0.294 e. The summed E-state index contributed by atoms with van der Waals surface area (Å²) in [6.07, 6.45) is -0.322. The lowest BCUT2D eigenvalue weighted by atomic mass is 10.3. The van der Waals surface area contributed by atoms with Crippen molar-refractivity contribution in [3.05, 3.63) is 0 Å². The topological polar surface area (TPSA) is 17.1 Å². The second-order valence-electron chi connectivity index (χ2n) is 2.23. The summed E-state index contributed by atoms with van der Waals surface area (Å²) in [7, 11) is 0. The second kappa shape index (κ2) is 1.30. The Hall–Kier alpha value is -0.540. The maximum absolute atomic E-state index is 12.3. The van der Waals surface area contributed by atoms with E-state index >= 15 is 0 Å². The normalized spacial score (nSPS) is 46.4. The summed E-state index contributed by atoms with van der Waals surface area (Å²) in [5, 5.41) is 0. The molecule has 0 aromatic heterocycles. The first kappa shape index (κ1) is 6.58. The molecule has 0 amide bonds. The number of aldehydes is 1. The minimum absolute atomic E-state index is 0.322. The molecule has 0 bridgehead atoms. The van der Waals surface area contributed by atoms with Crippen molar-refractivity contribution in [1.82, 2.24) is 0 Å². The van der Waals surface area contributed by atoms with Gasteiger partial charge in [-0.25, -0.2) is 13.2 Å². The third-order valence-corrected chi connectivity index (χ3v) is 1.77. The van der Waals surface area contributed by atoms with E-state index in [0.29, 0.717) is 0 Å². The average molecular weight is 138 g/mol. The lowest BCUT2D eigenvalue weighted by Gasteiger charge is -1.90. The minimum Gasteiger partial charge on any atom is -0.300 e. The third-order valence-electron chi connectivity index (χ3n) is 1.77. The van der Waals surface area contributed by atoms with Gasteiger partial charge in [-0.3, -0.25) is 4.79 Å². The van der Waals surface area contributed by atoms with Gasteiger partial charge >= 0.3 is 0 Å². The Morgan fingerprint density at radius 2 is 1.78 bits per heavy atom. The molecule has 1 aliphatic carbocycles. The summed E-state index contributed by atoms with van der Waals surface area (Å²) in [5.74, 6) is -4.86. The zero-order chi connectivity index (χ0) is 7.28. The number of carbonyl (C=O) groups excluding carboxylic acids is 1. The van der Waals surface area contributed by atoms with E-state index in [0.717, 1.165) is 6.92 Å². The molecule has 0 spiro atoms. The van der Waals surface area contributed by atoms with E-state index in [2.05, 4.69) is 0 Å². The summed E-state index contributed by atoms with van der Waals surface area (Å²) < 4.78 is 36.2. The van der Waals surface area contributed by atoms with Crippen LogP contribution in [0, 0.1) is 5.92 Å². The van der Waals surface area contributed by atoms with E-state index in [1.807, 2.05) is 0 Å².